The van der Waals surface area contributed by atoms with Gasteiger partial charge in [-0.2, -0.15) is 0 Å². The maximum absolute atomic E-state index is 12.8. The fourth-order valence-electron chi connectivity index (χ4n) is 4.29. The van der Waals surface area contributed by atoms with E-state index in [1.807, 2.05) is 48.5 Å². The minimum Gasteiger partial charge on any atom is -0.493 e. The quantitative estimate of drug-likeness (QED) is 0.409. The number of carboxylic acid groups (broad SMARTS) is 1. The second-order valence-electron chi connectivity index (χ2n) is 8.10. The van der Waals surface area contributed by atoms with Crippen molar-refractivity contribution >= 4 is 23.7 Å². The van der Waals surface area contributed by atoms with Crippen LogP contribution in [0.15, 0.2) is 60.7 Å². The third-order valence-electron chi connectivity index (χ3n) is 5.97. The molecule has 3 N–H and O–H groups in total. The van der Waals surface area contributed by atoms with Gasteiger partial charge in [0.05, 0.1) is 31.9 Å². The van der Waals surface area contributed by atoms with Crippen LogP contribution in [0.1, 0.15) is 33.8 Å². The Hall–Kier alpha value is -4.53. The number of fused-ring (bicyclic) bond motifs is 3. The molecule has 36 heavy (non-hydrogen) atoms. The summed E-state index contributed by atoms with van der Waals surface area (Å²) in [5.74, 6) is -1.16. The number of anilines is 1. The summed E-state index contributed by atoms with van der Waals surface area (Å²) in [6, 6.07) is 18.9. The molecule has 9 heteroatoms. The van der Waals surface area contributed by atoms with Gasteiger partial charge in [0.1, 0.15) is 6.61 Å². The summed E-state index contributed by atoms with van der Waals surface area (Å²) in [6.07, 6.45) is -0.988. The normalized spacial score (nSPS) is 11.7. The van der Waals surface area contributed by atoms with Gasteiger partial charge in [-0.1, -0.05) is 48.5 Å². The number of hydrogen-bond donors (Lipinski definition) is 3. The Morgan fingerprint density at radius 2 is 1.47 bits per heavy atom. The lowest BCUT2D eigenvalue weighted by Crippen LogP contribution is -2.28. The molecule has 3 aromatic carbocycles. The zero-order chi connectivity index (χ0) is 25.7. The summed E-state index contributed by atoms with van der Waals surface area (Å²) in [6.45, 7) is 0.0280. The number of nitrogens with one attached hydrogen (secondary N) is 2. The molecule has 0 radical (unpaired) electrons. The van der Waals surface area contributed by atoms with Crippen molar-refractivity contribution in [3.8, 4) is 22.6 Å². The molecule has 0 aliphatic heterocycles. The molecular formula is C27H26N2O7. The topological polar surface area (TPSA) is 123 Å². The minimum absolute atomic E-state index is 0.0755. The lowest BCUT2D eigenvalue weighted by Gasteiger charge is -2.17. The summed E-state index contributed by atoms with van der Waals surface area (Å²) < 4.78 is 16.2. The van der Waals surface area contributed by atoms with E-state index in [0.717, 1.165) is 22.3 Å². The van der Waals surface area contributed by atoms with Gasteiger partial charge < -0.3 is 24.6 Å². The molecular weight excluding hydrogens is 464 g/mol. The molecule has 2 amide bonds. The first-order valence-electron chi connectivity index (χ1n) is 11.3. The highest BCUT2D eigenvalue weighted by atomic mass is 16.5. The van der Waals surface area contributed by atoms with Crippen LogP contribution in [0.25, 0.3) is 11.1 Å². The van der Waals surface area contributed by atoms with Crippen molar-refractivity contribution in [1.29, 1.82) is 0 Å². The van der Waals surface area contributed by atoms with Crippen LogP contribution in [-0.2, 0) is 9.53 Å². The number of ether oxygens (including phenoxy) is 3. The van der Waals surface area contributed by atoms with Crippen molar-refractivity contribution in [1.82, 2.24) is 5.32 Å². The van der Waals surface area contributed by atoms with Crippen LogP contribution in [0.3, 0.4) is 0 Å². The van der Waals surface area contributed by atoms with Gasteiger partial charge in [-0.3, -0.25) is 14.9 Å². The van der Waals surface area contributed by atoms with Crippen LogP contribution in [0.4, 0.5) is 10.5 Å². The number of carboxylic acids is 1. The van der Waals surface area contributed by atoms with Gasteiger partial charge in [-0.05, 0) is 28.3 Å². The van der Waals surface area contributed by atoms with Gasteiger partial charge in [0.2, 0.25) is 0 Å². The highest BCUT2D eigenvalue weighted by Gasteiger charge is 2.29. The third kappa shape index (κ3) is 5.10. The molecule has 0 fully saturated rings. The Kier molecular flexibility index (Phi) is 7.39. The van der Waals surface area contributed by atoms with Gasteiger partial charge >= 0.3 is 12.1 Å². The lowest BCUT2D eigenvalue weighted by molar-refractivity contribution is -0.136. The average molecular weight is 491 g/mol. The monoisotopic (exact) mass is 490 g/mol. The van der Waals surface area contributed by atoms with Crippen molar-refractivity contribution in [2.75, 3.05) is 32.7 Å². The molecule has 0 saturated carbocycles. The average Bonchev–Trinajstić information content (AvgIpc) is 3.20. The van der Waals surface area contributed by atoms with E-state index in [0.29, 0.717) is 5.75 Å². The van der Waals surface area contributed by atoms with E-state index in [2.05, 4.69) is 10.6 Å². The van der Waals surface area contributed by atoms with Crippen molar-refractivity contribution < 1.29 is 33.7 Å². The first-order chi connectivity index (χ1) is 17.4. The Labute approximate surface area is 208 Å². The molecule has 0 atom stereocenters. The summed E-state index contributed by atoms with van der Waals surface area (Å²) in [7, 11) is 2.85. The summed E-state index contributed by atoms with van der Waals surface area (Å²) in [5, 5.41) is 14.0. The fourth-order valence-corrected chi connectivity index (χ4v) is 4.29. The Bertz CT molecular complexity index is 1260. The third-order valence-corrected chi connectivity index (χ3v) is 5.97. The predicted octanol–water partition coefficient (Wildman–Crippen LogP) is 4.27. The number of amides is 2. The lowest BCUT2D eigenvalue weighted by atomic mass is 9.98. The van der Waals surface area contributed by atoms with Gasteiger partial charge in [0, 0.05) is 18.5 Å². The Morgan fingerprint density at radius 3 is 2.06 bits per heavy atom. The molecule has 0 heterocycles. The molecule has 1 aliphatic rings. The zero-order valence-corrected chi connectivity index (χ0v) is 19.9. The van der Waals surface area contributed by atoms with Gasteiger partial charge in [-0.15, -0.1) is 0 Å². The van der Waals surface area contributed by atoms with Crippen LogP contribution >= 0.6 is 0 Å². The van der Waals surface area contributed by atoms with Crippen molar-refractivity contribution in [3.63, 3.8) is 0 Å². The van der Waals surface area contributed by atoms with E-state index in [1.54, 1.807) is 0 Å². The van der Waals surface area contributed by atoms with E-state index in [1.165, 1.54) is 26.4 Å². The first kappa shape index (κ1) is 24.6. The molecule has 3 aromatic rings. The van der Waals surface area contributed by atoms with Crippen molar-refractivity contribution in [2.24, 2.45) is 0 Å². The largest absolute Gasteiger partial charge is 0.493 e. The molecule has 0 saturated heterocycles. The number of carbonyl (C=O) groups is 3. The van der Waals surface area contributed by atoms with Crippen LogP contribution in [0.2, 0.25) is 0 Å². The Morgan fingerprint density at radius 1 is 0.889 bits per heavy atom. The Balaban J connectivity index is 1.52. The van der Waals surface area contributed by atoms with E-state index >= 15 is 0 Å². The molecule has 0 aromatic heterocycles. The minimum atomic E-state index is -1.04. The number of hydrogen-bond acceptors (Lipinski definition) is 6. The standard InChI is InChI=1S/C27H26N2O7/c1-34-23-13-20(26(32)28-12-11-25(30)31)22(14-24(23)35-2)29-27(33)36-15-21-18-9-5-3-7-16(18)17-8-4-6-10-19(17)21/h3-10,13-14,21H,11-12,15H2,1-2H3,(H,28,32)(H,29,33)(H,30,31). The molecule has 1 aliphatic carbocycles. The number of methoxy groups -OCH3 is 2. The highest BCUT2D eigenvalue weighted by molar-refractivity contribution is 6.03. The van der Waals surface area contributed by atoms with E-state index in [9.17, 15) is 14.4 Å². The smallest absolute Gasteiger partial charge is 0.411 e. The maximum atomic E-state index is 12.8. The number of carbonyl (C=O) groups excluding carboxylic acids is 2. The van der Waals surface area contributed by atoms with Crippen molar-refractivity contribution in [3.05, 3.63) is 77.4 Å². The number of benzene rings is 3. The predicted molar refractivity (Wildman–Crippen MR) is 133 cm³/mol. The highest BCUT2D eigenvalue weighted by Crippen LogP contribution is 2.44. The van der Waals surface area contributed by atoms with Crippen LogP contribution in [0.5, 0.6) is 11.5 Å². The second-order valence-corrected chi connectivity index (χ2v) is 8.10. The van der Waals surface area contributed by atoms with E-state index in [-0.39, 0.29) is 42.5 Å². The molecule has 9 nitrogen and oxygen atoms in total. The van der Waals surface area contributed by atoms with Gasteiger partial charge in [0.25, 0.3) is 5.91 Å². The first-order valence-corrected chi connectivity index (χ1v) is 11.3. The van der Waals surface area contributed by atoms with E-state index < -0.39 is 18.0 Å². The van der Waals surface area contributed by atoms with Gasteiger partial charge in [0.15, 0.2) is 11.5 Å². The molecule has 186 valence electrons. The molecule has 0 spiro atoms. The zero-order valence-electron chi connectivity index (χ0n) is 19.9. The number of aliphatic carboxylic acids is 1. The van der Waals surface area contributed by atoms with Crippen LogP contribution < -0.4 is 20.1 Å². The van der Waals surface area contributed by atoms with Crippen LogP contribution in [0, 0.1) is 0 Å². The van der Waals surface area contributed by atoms with E-state index in [4.69, 9.17) is 19.3 Å². The molecule has 4 rings (SSSR count). The van der Waals surface area contributed by atoms with Crippen LogP contribution in [-0.4, -0.2) is 50.4 Å². The molecule has 0 unspecified atom stereocenters. The second kappa shape index (κ2) is 10.8. The summed E-state index contributed by atoms with van der Waals surface area (Å²) in [5.41, 5.74) is 4.60. The van der Waals surface area contributed by atoms with Gasteiger partial charge in [-0.25, -0.2) is 4.79 Å². The molecule has 0 bridgehead atoms. The van der Waals surface area contributed by atoms with Crippen molar-refractivity contribution in [2.45, 2.75) is 12.3 Å². The summed E-state index contributed by atoms with van der Waals surface area (Å²) in [4.78, 5) is 36.3. The number of rotatable bonds is 9. The summed E-state index contributed by atoms with van der Waals surface area (Å²) >= 11 is 0. The maximum Gasteiger partial charge on any atom is 0.411 e. The SMILES string of the molecule is COc1cc(NC(=O)OCC2c3ccccc3-c3ccccc32)c(C(=O)NCCC(=O)O)cc1OC. The fraction of sp³-hybridized carbons (Fsp3) is 0.222.